The van der Waals surface area contributed by atoms with Gasteiger partial charge in [0.05, 0.1) is 0 Å². The molecule has 0 bridgehead atoms. The molecule has 0 heterocycles. The number of nitrogens with one attached hydrogen (secondary N) is 1. The monoisotopic (exact) mass is 213 g/mol. The summed E-state index contributed by atoms with van der Waals surface area (Å²) in [7, 11) is 0. The van der Waals surface area contributed by atoms with E-state index in [2.05, 4.69) is 26.1 Å². The number of rotatable bonds is 8. The number of aliphatic hydroxyl groups is 1. The molecule has 1 aliphatic carbocycles. The number of aliphatic hydroxyl groups excluding tert-OH is 1. The number of hydrogen-bond donors (Lipinski definition) is 2. The van der Waals surface area contributed by atoms with Crippen molar-refractivity contribution >= 4 is 0 Å². The van der Waals surface area contributed by atoms with Crippen molar-refractivity contribution < 1.29 is 5.11 Å². The van der Waals surface area contributed by atoms with Crippen LogP contribution in [0.1, 0.15) is 52.9 Å². The van der Waals surface area contributed by atoms with Crippen LogP contribution in [0.3, 0.4) is 0 Å². The van der Waals surface area contributed by atoms with E-state index in [1.54, 1.807) is 0 Å². The van der Waals surface area contributed by atoms with Gasteiger partial charge in [-0.1, -0.05) is 20.8 Å². The summed E-state index contributed by atoms with van der Waals surface area (Å²) in [6, 6.07) is 0. The Labute approximate surface area is 94.5 Å². The third kappa shape index (κ3) is 3.18. The van der Waals surface area contributed by atoms with E-state index >= 15 is 0 Å². The topological polar surface area (TPSA) is 32.3 Å². The molecule has 0 amide bonds. The van der Waals surface area contributed by atoms with Gasteiger partial charge in [0, 0.05) is 25.1 Å². The van der Waals surface area contributed by atoms with Gasteiger partial charge in [-0.2, -0.15) is 0 Å². The molecule has 2 nitrogen and oxygen atoms in total. The largest absolute Gasteiger partial charge is 0.396 e. The van der Waals surface area contributed by atoms with Crippen molar-refractivity contribution in [3.05, 3.63) is 0 Å². The van der Waals surface area contributed by atoms with Gasteiger partial charge < -0.3 is 10.4 Å². The SMILES string of the molecule is CCC(CC)(CO)CNCC1(CC)CC1. The molecule has 1 aliphatic rings. The van der Waals surface area contributed by atoms with Gasteiger partial charge in [0.1, 0.15) is 0 Å². The molecule has 0 unspecified atom stereocenters. The zero-order valence-corrected chi connectivity index (χ0v) is 10.6. The Kier molecular flexibility index (Phi) is 4.60. The molecule has 90 valence electrons. The Morgan fingerprint density at radius 3 is 2.13 bits per heavy atom. The highest BCUT2D eigenvalue weighted by molar-refractivity contribution is 4.94. The third-order valence-electron chi connectivity index (χ3n) is 4.54. The van der Waals surface area contributed by atoms with Gasteiger partial charge in [0.15, 0.2) is 0 Å². The van der Waals surface area contributed by atoms with E-state index in [-0.39, 0.29) is 5.41 Å². The summed E-state index contributed by atoms with van der Waals surface area (Å²) in [6.45, 7) is 9.06. The van der Waals surface area contributed by atoms with Crippen molar-refractivity contribution in [3.8, 4) is 0 Å². The summed E-state index contributed by atoms with van der Waals surface area (Å²) >= 11 is 0. The van der Waals surface area contributed by atoms with E-state index in [0.717, 1.165) is 25.9 Å². The van der Waals surface area contributed by atoms with Crippen molar-refractivity contribution in [3.63, 3.8) is 0 Å². The zero-order valence-electron chi connectivity index (χ0n) is 10.6. The Morgan fingerprint density at radius 1 is 1.20 bits per heavy atom. The van der Waals surface area contributed by atoms with Gasteiger partial charge in [0.25, 0.3) is 0 Å². The van der Waals surface area contributed by atoms with E-state index in [1.807, 2.05) is 0 Å². The standard InChI is InChI=1S/C13H27NO/c1-4-12(5-2,11-15)9-14-10-13(6-3)7-8-13/h14-15H,4-11H2,1-3H3. The molecule has 0 aromatic heterocycles. The predicted molar refractivity (Wildman–Crippen MR) is 64.9 cm³/mol. The molecule has 15 heavy (non-hydrogen) atoms. The van der Waals surface area contributed by atoms with E-state index in [0.29, 0.717) is 12.0 Å². The highest BCUT2D eigenvalue weighted by Gasteiger charge is 2.40. The van der Waals surface area contributed by atoms with Gasteiger partial charge in [-0.05, 0) is 37.5 Å². The van der Waals surface area contributed by atoms with Gasteiger partial charge in [-0.15, -0.1) is 0 Å². The Morgan fingerprint density at radius 2 is 1.80 bits per heavy atom. The zero-order chi connectivity index (χ0) is 11.4. The first-order valence-electron chi connectivity index (χ1n) is 6.47. The maximum Gasteiger partial charge on any atom is 0.0499 e. The van der Waals surface area contributed by atoms with E-state index in [4.69, 9.17) is 0 Å². The summed E-state index contributed by atoms with van der Waals surface area (Å²) in [4.78, 5) is 0. The molecular formula is C13H27NO. The fourth-order valence-corrected chi connectivity index (χ4v) is 2.20. The summed E-state index contributed by atoms with van der Waals surface area (Å²) < 4.78 is 0. The predicted octanol–water partition coefficient (Wildman–Crippen LogP) is 2.56. The molecule has 1 saturated carbocycles. The van der Waals surface area contributed by atoms with Crippen molar-refractivity contribution in [1.29, 1.82) is 0 Å². The second-order valence-corrected chi connectivity index (χ2v) is 5.32. The molecule has 1 fully saturated rings. The molecule has 0 aromatic rings. The van der Waals surface area contributed by atoms with Gasteiger partial charge in [0.2, 0.25) is 0 Å². The molecule has 0 spiro atoms. The lowest BCUT2D eigenvalue weighted by atomic mass is 9.83. The molecule has 2 heteroatoms. The summed E-state index contributed by atoms with van der Waals surface area (Å²) in [5.74, 6) is 0. The molecular weight excluding hydrogens is 186 g/mol. The summed E-state index contributed by atoms with van der Waals surface area (Å²) in [5, 5.41) is 13.0. The van der Waals surface area contributed by atoms with Crippen molar-refractivity contribution in [1.82, 2.24) is 5.32 Å². The van der Waals surface area contributed by atoms with Crippen LogP contribution in [0.15, 0.2) is 0 Å². The molecule has 0 saturated heterocycles. The van der Waals surface area contributed by atoms with Crippen LogP contribution in [-0.2, 0) is 0 Å². The van der Waals surface area contributed by atoms with Crippen LogP contribution >= 0.6 is 0 Å². The van der Waals surface area contributed by atoms with Crippen molar-refractivity contribution in [2.24, 2.45) is 10.8 Å². The van der Waals surface area contributed by atoms with Crippen LogP contribution in [0.4, 0.5) is 0 Å². The average molecular weight is 213 g/mol. The second kappa shape index (κ2) is 5.31. The van der Waals surface area contributed by atoms with Crippen LogP contribution in [0, 0.1) is 10.8 Å². The average Bonchev–Trinajstić information content (AvgIpc) is 3.06. The molecule has 0 atom stereocenters. The van der Waals surface area contributed by atoms with E-state index in [9.17, 15) is 5.11 Å². The molecule has 0 aromatic carbocycles. The summed E-state index contributed by atoms with van der Waals surface area (Å²) in [5.41, 5.74) is 0.729. The van der Waals surface area contributed by atoms with Crippen LogP contribution in [-0.4, -0.2) is 24.8 Å². The maximum absolute atomic E-state index is 9.44. The van der Waals surface area contributed by atoms with Gasteiger partial charge >= 0.3 is 0 Å². The fraction of sp³-hybridized carbons (Fsp3) is 1.00. The first kappa shape index (κ1) is 13.0. The van der Waals surface area contributed by atoms with Crippen molar-refractivity contribution in [2.45, 2.75) is 52.9 Å². The fourth-order valence-electron chi connectivity index (χ4n) is 2.20. The van der Waals surface area contributed by atoms with E-state index in [1.165, 1.54) is 19.3 Å². The smallest absolute Gasteiger partial charge is 0.0499 e. The minimum Gasteiger partial charge on any atom is -0.396 e. The third-order valence-corrected chi connectivity index (χ3v) is 4.54. The highest BCUT2D eigenvalue weighted by atomic mass is 16.3. The van der Waals surface area contributed by atoms with Crippen molar-refractivity contribution in [2.75, 3.05) is 19.7 Å². The molecule has 2 N–H and O–H groups in total. The normalized spacial score (nSPS) is 19.2. The minimum atomic E-state index is 0.115. The van der Waals surface area contributed by atoms with Crippen LogP contribution < -0.4 is 5.32 Å². The highest BCUT2D eigenvalue weighted by Crippen LogP contribution is 2.47. The molecule has 1 rings (SSSR count). The minimum absolute atomic E-state index is 0.115. The molecule has 0 radical (unpaired) electrons. The lowest BCUT2D eigenvalue weighted by Crippen LogP contribution is -2.38. The summed E-state index contributed by atoms with van der Waals surface area (Å²) in [6.07, 6.45) is 6.20. The second-order valence-electron chi connectivity index (χ2n) is 5.32. The Balaban J connectivity index is 2.28. The number of hydrogen-bond acceptors (Lipinski definition) is 2. The van der Waals surface area contributed by atoms with Crippen LogP contribution in [0.5, 0.6) is 0 Å². The van der Waals surface area contributed by atoms with Gasteiger partial charge in [-0.3, -0.25) is 0 Å². The first-order valence-corrected chi connectivity index (χ1v) is 6.47. The maximum atomic E-state index is 9.44. The van der Waals surface area contributed by atoms with Crippen LogP contribution in [0.2, 0.25) is 0 Å². The molecule has 0 aliphatic heterocycles. The lowest BCUT2D eigenvalue weighted by molar-refractivity contribution is 0.111. The Hall–Kier alpha value is -0.0800. The van der Waals surface area contributed by atoms with Crippen LogP contribution in [0.25, 0.3) is 0 Å². The lowest BCUT2D eigenvalue weighted by Gasteiger charge is -2.30. The van der Waals surface area contributed by atoms with E-state index < -0.39 is 0 Å². The quantitative estimate of drug-likeness (QED) is 0.649. The van der Waals surface area contributed by atoms with Gasteiger partial charge in [-0.25, -0.2) is 0 Å². The first-order chi connectivity index (χ1) is 7.16. The Bertz CT molecular complexity index is 175.